The quantitative estimate of drug-likeness (QED) is 0.0743. The number of benzene rings is 5. The summed E-state index contributed by atoms with van der Waals surface area (Å²) in [5.41, 5.74) is 2.68. The lowest BCUT2D eigenvalue weighted by atomic mass is 9.84. The van der Waals surface area contributed by atoms with Gasteiger partial charge in [-0.3, -0.25) is 4.79 Å². The van der Waals surface area contributed by atoms with Gasteiger partial charge in [-0.1, -0.05) is 103 Å². The molecule has 7 nitrogen and oxygen atoms in total. The van der Waals surface area contributed by atoms with Crippen LogP contribution < -0.4 is 5.32 Å². The van der Waals surface area contributed by atoms with E-state index in [-0.39, 0.29) is 31.3 Å². The van der Waals surface area contributed by atoms with Gasteiger partial charge in [0.05, 0.1) is 24.4 Å². The third-order valence-corrected chi connectivity index (χ3v) is 11.3. The lowest BCUT2D eigenvalue weighted by molar-refractivity contribution is -0.277. The van der Waals surface area contributed by atoms with Crippen LogP contribution in [0.1, 0.15) is 70.3 Å². The number of hydrogen-bond donors (Lipinski definition) is 3. The second-order valence-electron chi connectivity index (χ2n) is 14.6. The smallest absolute Gasteiger partial charge is 0.257 e. The van der Waals surface area contributed by atoms with Crippen LogP contribution >= 0.6 is 11.6 Å². The third kappa shape index (κ3) is 8.48. The molecule has 0 aliphatic carbocycles. The lowest BCUT2D eigenvalue weighted by Gasteiger charge is -2.45. The maximum Gasteiger partial charge on any atom is 0.257 e. The predicted octanol–water partition coefficient (Wildman–Crippen LogP) is 8.90. The molecule has 298 valence electrons. The van der Waals surface area contributed by atoms with E-state index in [0.29, 0.717) is 48.6 Å². The van der Waals surface area contributed by atoms with Crippen LogP contribution in [0.3, 0.4) is 0 Å². The molecule has 0 saturated carbocycles. The molecule has 4 atom stereocenters. The molecule has 0 unspecified atom stereocenters. The normalized spacial score (nSPS) is 21.0. The van der Waals surface area contributed by atoms with E-state index in [4.69, 9.17) is 21.1 Å². The van der Waals surface area contributed by atoms with E-state index in [1.165, 1.54) is 0 Å². The Kier molecular flexibility index (Phi) is 12.1. The summed E-state index contributed by atoms with van der Waals surface area (Å²) in [6.07, 6.45) is -0.264. The molecule has 0 bridgehead atoms. The molecule has 2 aliphatic rings. The molecule has 0 spiro atoms. The van der Waals surface area contributed by atoms with Crippen LogP contribution in [0.25, 0.3) is 11.1 Å². The molecular weight excluding hydrogens is 767 g/mol. The number of hydrogen-bond acceptors (Lipinski definition) is 6. The van der Waals surface area contributed by atoms with Crippen molar-refractivity contribution >= 4 is 17.5 Å². The molecule has 7 rings (SSSR count). The van der Waals surface area contributed by atoms with Gasteiger partial charge in [0.15, 0.2) is 29.6 Å². The van der Waals surface area contributed by atoms with Gasteiger partial charge in [-0.25, -0.2) is 22.0 Å². The van der Waals surface area contributed by atoms with E-state index < -0.39 is 52.4 Å². The zero-order valence-electron chi connectivity index (χ0n) is 30.8. The van der Waals surface area contributed by atoms with Crippen LogP contribution in [0.2, 0.25) is 5.02 Å². The molecule has 2 heterocycles. The summed E-state index contributed by atoms with van der Waals surface area (Å²) in [5.74, 6) is -12.7. The fourth-order valence-electron chi connectivity index (χ4n) is 7.58. The van der Waals surface area contributed by atoms with Gasteiger partial charge < -0.3 is 29.9 Å². The standard InChI is InChI=1S/C44H40ClF5N2O5/c1-25-34(23-52-20-18-44(55,19-21-52)31-14-16-32(45)17-15-31)56-43(57-41(25)28-8-6-26(24-53)7-9-28)29-12-10-27(11-13-29)33-5-3-2-4-30(33)22-51-42(54)35-36(46)38(48)40(50)39(49)37(35)47/h2-17,25,34,41,43,53,55H,18-24H2,1H3,(H,51,54)/t25-,34+,41+,43+/m0/s1. The molecule has 2 fully saturated rings. The number of carbonyl (C=O) groups is 1. The highest BCUT2D eigenvalue weighted by molar-refractivity contribution is 6.30. The van der Waals surface area contributed by atoms with Crippen molar-refractivity contribution in [3.63, 3.8) is 0 Å². The van der Waals surface area contributed by atoms with Crippen molar-refractivity contribution in [2.24, 2.45) is 5.92 Å². The molecule has 0 radical (unpaired) electrons. The largest absolute Gasteiger partial charge is 0.392 e. The Morgan fingerprint density at radius 1 is 0.807 bits per heavy atom. The number of halogens is 6. The van der Waals surface area contributed by atoms with Crippen molar-refractivity contribution in [2.75, 3.05) is 19.6 Å². The van der Waals surface area contributed by atoms with Crippen LogP contribution in [-0.2, 0) is 28.2 Å². The average Bonchev–Trinajstić information content (AvgIpc) is 3.23. The fraction of sp³-hybridized carbons (Fsp3) is 0.295. The number of carbonyl (C=O) groups excluding carboxylic acids is 1. The maximum atomic E-state index is 14.3. The molecule has 1 amide bonds. The Hall–Kier alpha value is -4.69. The first-order chi connectivity index (χ1) is 27.4. The highest BCUT2D eigenvalue weighted by Crippen LogP contribution is 2.43. The molecule has 57 heavy (non-hydrogen) atoms. The highest BCUT2D eigenvalue weighted by atomic mass is 35.5. The van der Waals surface area contributed by atoms with Gasteiger partial charge in [0, 0.05) is 42.7 Å². The first kappa shape index (κ1) is 40.5. The van der Waals surface area contributed by atoms with E-state index in [2.05, 4.69) is 17.1 Å². The molecule has 5 aromatic rings. The third-order valence-electron chi connectivity index (χ3n) is 11.0. The van der Waals surface area contributed by atoms with Gasteiger partial charge in [-0.15, -0.1) is 0 Å². The zero-order valence-corrected chi connectivity index (χ0v) is 31.6. The minimum Gasteiger partial charge on any atom is -0.392 e. The van der Waals surface area contributed by atoms with Crippen LogP contribution in [0.5, 0.6) is 0 Å². The molecule has 5 aromatic carbocycles. The number of ether oxygens (including phenoxy) is 2. The van der Waals surface area contributed by atoms with Crippen LogP contribution in [0.15, 0.2) is 97.1 Å². The molecular formula is C44H40ClF5N2O5. The Labute approximate surface area is 331 Å². The van der Waals surface area contributed by atoms with E-state index in [9.17, 15) is 37.0 Å². The van der Waals surface area contributed by atoms with Crippen LogP contribution in [0, 0.1) is 35.0 Å². The minimum absolute atomic E-state index is 0.0653. The zero-order chi connectivity index (χ0) is 40.4. The van der Waals surface area contributed by atoms with E-state index >= 15 is 0 Å². The monoisotopic (exact) mass is 806 g/mol. The summed E-state index contributed by atoms with van der Waals surface area (Å²) in [6.45, 7) is 3.65. The maximum absolute atomic E-state index is 14.3. The van der Waals surface area contributed by atoms with Gasteiger partial charge in [0.25, 0.3) is 5.91 Å². The Balaban J connectivity index is 1.08. The number of amides is 1. The van der Waals surface area contributed by atoms with Crippen molar-refractivity contribution in [1.29, 1.82) is 0 Å². The summed E-state index contributed by atoms with van der Waals surface area (Å²) in [6, 6.07) is 29.2. The summed E-state index contributed by atoms with van der Waals surface area (Å²) in [7, 11) is 0. The van der Waals surface area contributed by atoms with Gasteiger partial charge in [0.1, 0.15) is 5.56 Å². The lowest BCUT2D eigenvalue weighted by Crippen LogP contribution is -2.49. The number of nitrogens with one attached hydrogen (secondary N) is 1. The second-order valence-corrected chi connectivity index (χ2v) is 15.0. The number of aliphatic hydroxyl groups excluding tert-OH is 1. The van der Waals surface area contributed by atoms with Crippen molar-refractivity contribution in [2.45, 2.75) is 57.0 Å². The van der Waals surface area contributed by atoms with Crippen molar-refractivity contribution in [3.8, 4) is 11.1 Å². The summed E-state index contributed by atoms with van der Waals surface area (Å²) in [4.78, 5) is 15.0. The van der Waals surface area contributed by atoms with Crippen LogP contribution in [-0.4, -0.2) is 46.8 Å². The minimum atomic E-state index is -2.34. The summed E-state index contributed by atoms with van der Waals surface area (Å²) < 4.78 is 83.0. The second kappa shape index (κ2) is 17.0. The average molecular weight is 807 g/mol. The topological polar surface area (TPSA) is 91.3 Å². The Morgan fingerprint density at radius 2 is 1.40 bits per heavy atom. The molecule has 2 aliphatic heterocycles. The first-order valence-electron chi connectivity index (χ1n) is 18.6. The van der Waals surface area contributed by atoms with Gasteiger partial charge in [-0.05, 0) is 58.4 Å². The van der Waals surface area contributed by atoms with Crippen molar-refractivity contribution < 1.29 is 46.4 Å². The number of nitrogens with zero attached hydrogens (tertiary/aromatic N) is 1. The SMILES string of the molecule is C[C@H]1[C@@H](CN2CCC(O)(c3ccc(Cl)cc3)CC2)O[C@@H](c2ccc(-c3ccccc3CNC(=O)c3c(F)c(F)c(F)c(F)c3F)cc2)O[C@H]1c1ccc(CO)cc1. The first-order valence-corrected chi connectivity index (χ1v) is 18.9. The summed E-state index contributed by atoms with van der Waals surface area (Å²) in [5, 5.41) is 24.0. The van der Waals surface area contributed by atoms with Crippen molar-refractivity contribution in [3.05, 3.63) is 165 Å². The number of rotatable bonds is 10. The van der Waals surface area contributed by atoms with Crippen molar-refractivity contribution in [1.82, 2.24) is 10.2 Å². The van der Waals surface area contributed by atoms with E-state index in [0.717, 1.165) is 27.8 Å². The molecule has 3 N–H and O–H groups in total. The Morgan fingerprint density at radius 3 is 2.04 bits per heavy atom. The fourth-order valence-corrected chi connectivity index (χ4v) is 7.71. The molecule has 0 aromatic heterocycles. The predicted molar refractivity (Wildman–Crippen MR) is 203 cm³/mol. The molecule has 13 heteroatoms. The van der Waals surface area contributed by atoms with E-state index in [1.807, 2.05) is 60.7 Å². The Bertz CT molecular complexity index is 2190. The number of likely N-dealkylation sites (tertiary alicyclic amines) is 1. The number of aliphatic hydroxyl groups is 2. The summed E-state index contributed by atoms with van der Waals surface area (Å²) >= 11 is 6.09. The van der Waals surface area contributed by atoms with E-state index in [1.54, 1.807) is 36.4 Å². The highest BCUT2D eigenvalue weighted by Gasteiger charge is 2.41. The van der Waals surface area contributed by atoms with Gasteiger partial charge in [0.2, 0.25) is 5.82 Å². The number of piperidine rings is 1. The van der Waals surface area contributed by atoms with Crippen LogP contribution in [0.4, 0.5) is 22.0 Å². The van der Waals surface area contributed by atoms with Gasteiger partial charge >= 0.3 is 0 Å². The van der Waals surface area contributed by atoms with Gasteiger partial charge in [-0.2, -0.15) is 0 Å². The molecule has 2 saturated heterocycles.